The second-order valence-electron chi connectivity index (χ2n) is 8.13. The van der Waals surface area contributed by atoms with E-state index in [4.69, 9.17) is 4.74 Å². The molecule has 1 heterocycles. The van der Waals surface area contributed by atoms with E-state index in [1.165, 1.54) is 0 Å². The molecule has 0 bridgehead atoms. The van der Waals surface area contributed by atoms with E-state index in [1.54, 1.807) is 0 Å². The first-order valence-electron chi connectivity index (χ1n) is 10.3. The number of carbonyl (C=O) groups is 3. The molecule has 0 saturated carbocycles. The average molecular weight is 462 g/mol. The fourth-order valence-corrected chi connectivity index (χ4v) is 4.49. The monoisotopic (exact) mass is 462 g/mol. The lowest BCUT2D eigenvalue weighted by Gasteiger charge is -2.39. The molecule has 4 rings (SSSR count). The summed E-state index contributed by atoms with van der Waals surface area (Å²) in [5, 5.41) is 12.0. The number of nitrogens with one attached hydrogen (secondary N) is 1. The molecule has 7 nitrogen and oxygen atoms in total. The Morgan fingerprint density at radius 3 is 2.00 bits per heavy atom. The molecule has 0 atom stereocenters. The Morgan fingerprint density at radius 1 is 1.00 bits per heavy atom. The number of alkyl halides is 3. The quantitative estimate of drug-likeness (QED) is 0.725. The van der Waals surface area contributed by atoms with Crippen molar-refractivity contribution in [3.63, 3.8) is 0 Å². The van der Waals surface area contributed by atoms with Gasteiger partial charge in [-0.3, -0.25) is 4.79 Å². The topological polar surface area (TPSA) is 95.9 Å². The predicted molar refractivity (Wildman–Crippen MR) is 110 cm³/mol. The van der Waals surface area contributed by atoms with E-state index in [1.807, 2.05) is 48.5 Å². The Kier molecular flexibility index (Phi) is 5.77. The second-order valence-corrected chi connectivity index (χ2v) is 8.13. The highest BCUT2D eigenvalue weighted by Gasteiger charge is 2.49. The Balaban J connectivity index is 1.42. The van der Waals surface area contributed by atoms with Gasteiger partial charge < -0.3 is 20.1 Å². The van der Waals surface area contributed by atoms with E-state index in [0.29, 0.717) is 4.90 Å². The summed E-state index contributed by atoms with van der Waals surface area (Å²) >= 11 is 0. The van der Waals surface area contributed by atoms with Gasteiger partial charge in [0, 0.05) is 19.0 Å². The Morgan fingerprint density at radius 2 is 1.52 bits per heavy atom. The van der Waals surface area contributed by atoms with Crippen molar-refractivity contribution in [3.05, 3.63) is 59.7 Å². The molecular weight excluding hydrogens is 441 g/mol. The van der Waals surface area contributed by atoms with Crippen molar-refractivity contribution in [2.24, 2.45) is 0 Å². The first-order valence-corrected chi connectivity index (χ1v) is 10.3. The zero-order chi connectivity index (χ0) is 23.8. The second kappa shape index (κ2) is 8.42. The van der Waals surface area contributed by atoms with Crippen LogP contribution in [-0.4, -0.2) is 59.4 Å². The molecule has 0 radical (unpaired) electrons. The molecule has 0 unspecified atom stereocenters. The Labute approximate surface area is 187 Å². The van der Waals surface area contributed by atoms with Gasteiger partial charge in [-0.05, 0) is 35.1 Å². The highest BCUT2D eigenvalue weighted by Crippen LogP contribution is 2.44. The number of likely N-dealkylation sites (tertiary alicyclic amines) is 1. The van der Waals surface area contributed by atoms with Gasteiger partial charge in [0.15, 0.2) is 0 Å². The van der Waals surface area contributed by atoms with Gasteiger partial charge in [0.25, 0.3) is 0 Å². The highest BCUT2D eigenvalue weighted by atomic mass is 19.4. The number of carboxylic acids is 1. The van der Waals surface area contributed by atoms with Crippen LogP contribution >= 0.6 is 0 Å². The van der Waals surface area contributed by atoms with Gasteiger partial charge in [-0.2, -0.15) is 13.2 Å². The predicted octanol–water partition coefficient (Wildman–Crippen LogP) is 3.53. The van der Waals surface area contributed by atoms with Crippen molar-refractivity contribution in [1.82, 2.24) is 10.2 Å². The van der Waals surface area contributed by atoms with Crippen molar-refractivity contribution in [2.75, 3.05) is 19.7 Å². The molecule has 2 aromatic rings. The minimum atomic E-state index is -5.04. The summed E-state index contributed by atoms with van der Waals surface area (Å²) in [5.74, 6) is -3.65. The maximum absolute atomic E-state index is 12.7. The number of rotatable bonds is 4. The minimum absolute atomic E-state index is 0.0335. The molecular formula is C23H21F3N2O5. The van der Waals surface area contributed by atoms with E-state index in [2.05, 4.69) is 5.32 Å². The van der Waals surface area contributed by atoms with Crippen LogP contribution in [-0.2, 0) is 14.3 Å². The van der Waals surface area contributed by atoms with Crippen molar-refractivity contribution >= 4 is 18.0 Å². The van der Waals surface area contributed by atoms with Crippen LogP contribution in [0.25, 0.3) is 11.1 Å². The third-order valence-corrected chi connectivity index (χ3v) is 6.24. The smallest absolute Gasteiger partial charge is 0.471 e. The number of alkyl carbamates (subject to hydrolysis) is 1. The lowest BCUT2D eigenvalue weighted by molar-refractivity contribution is -0.187. The van der Waals surface area contributed by atoms with E-state index in [9.17, 15) is 32.7 Å². The fourth-order valence-electron chi connectivity index (χ4n) is 4.49. The van der Waals surface area contributed by atoms with Crippen LogP contribution in [0.3, 0.4) is 0 Å². The van der Waals surface area contributed by atoms with Crippen LogP contribution in [0.1, 0.15) is 29.9 Å². The molecule has 10 heteroatoms. The molecule has 0 aromatic heterocycles. The molecule has 2 aromatic carbocycles. The molecule has 1 fully saturated rings. The van der Waals surface area contributed by atoms with Crippen LogP contribution in [0.5, 0.6) is 0 Å². The molecule has 1 aliphatic carbocycles. The van der Waals surface area contributed by atoms with Gasteiger partial charge in [-0.15, -0.1) is 0 Å². The summed E-state index contributed by atoms with van der Waals surface area (Å²) in [5.41, 5.74) is 2.22. The number of piperidine rings is 1. The van der Waals surface area contributed by atoms with E-state index in [-0.39, 0.29) is 25.4 Å². The van der Waals surface area contributed by atoms with Crippen molar-refractivity contribution < 1.29 is 37.4 Å². The first-order chi connectivity index (χ1) is 15.6. The molecule has 1 saturated heterocycles. The summed E-state index contributed by atoms with van der Waals surface area (Å²) in [6, 6.07) is 15.4. The van der Waals surface area contributed by atoms with Gasteiger partial charge in [-0.25, -0.2) is 9.59 Å². The van der Waals surface area contributed by atoms with Crippen LogP contribution in [0, 0.1) is 0 Å². The number of aliphatic carboxylic acids is 1. The molecule has 33 heavy (non-hydrogen) atoms. The number of benzene rings is 2. The third kappa shape index (κ3) is 4.24. The Bertz CT molecular complexity index is 1050. The fraction of sp³-hybridized carbons (Fsp3) is 0.348. The zero-order valence-electron chi connectivity index (χ0n) is 17.4. The van der Waals surface area contributed by atoms with Gasteiger partial charge in [0.2, 0.25) is 0 Å². The summed E-state index contributed by atoms with van der Waals surface area (Å²) < 4.78 is 43.3. The normalized spacial score (nSPS) is 17.1. The van der Waals surface area contributed by atoms with Gasteiger partial charge in [0.05, 0.1) is 0 Å². The van der Waals surface area contributed by atoms with E-state index >= 15 is 0 Å². The Hall–Kier alpha value is -3.56. The lowest BCUT2D eigenvalue weighted by atomic mass is 9.87. The SMILES string of the molecule is O=C(NC1(C(=O)O)CCN(C(=O)C(F)(F)F)CC1)OCC1c2ccccc2-c2ccccc21. The van der Waals surface area contributed by atoms with Crippen LogP contribution < -0.4 is 5.32 Å². The number of nitrogens with zero attached hydrogens (tertiary/aromatic N) is 1. The molecule has 2 amide bonds. The van der Waals surface area contributed by atoms with Crippen molar-refractivity contribution in [3.8, 4) is 11.1 Å². The van der Waals surface area contributed by atoms with Crippen molar-refractivity contribution in [1.29, 1.82) is 0 Å². The summed E-state index contributed by atoms with van der Waals surface area (Å²) in [7, 11) is 0. The third-order valence-electron chi connectivity index (χ3n) is 6.24. The zero-order valence-corrected chi connectivity index (χ0v) is 17.4. The highest BCUT2D eigenvalue weighted by molar-refractivity contribution is 5.86. The van der Waals surface area contributed by atoms with Gasteiger partial charge in [0.1, 0.15) is 12.1 Å². The lowest BCUT2D eigenvalue weighted by Crippen LogP contribution is -2.61. The molecule has 2 aliphatic rings. The number of halogens is 3. The summed E-state index contributed by atoms with van der Waals surface area (Å²) in [6.45, 7) is -0.934. The standard InChI is InChI=1S/C23H21F3N2O5/c24-23(25,26)19(29)28-11-9-22(10-12-28,20(30)31)27-21(32)33-13-18-16-7-3-1-5-14(16)15-6-2-4-8-17(15)18/h1-8,18H,9-13H2,(H,27,32)(H,30,31). The maximum Gasteiger partial charge on any atom is 0.471 e. The van der Waals surface area contributed by atoms with Crippen LogP contribution in [0.2, 0.25) is 0 Å². The number of amides is 2. The number of hydrogen-bond donors (Lipinski definition) is 2. The van der Waals surface area contributed by atoms with E-state index < -0.39 is 42.8 Å². The molecule has 1 aliphatic heterocycles. The summed E-state index contributed by atoms with van der Waals surface area (Å²) in [4.78, 5) is 36.4. The summed E-state index contributed by atoms with van der Waals surface area (Å²) in [6.07, 6.45) is -6.75. The number of hydrogen-bond acceptors (Lipinski definition) is 4. The molecule has 2 N–H and O–H groups in total. The average Bonchev–Trinajstić information content (AvgIpc) is 3.11. The van der Waals surface area contributed by atoms with Crippen molar-refractivity contribution in [2.45, 2.75) is 30.5 Å². The molecule has 0 spiro atoms. The van der Waals surface area contributed by atoms with Crippen LogP contribution in [0.15, 0.2) is 48.5 Å². The number of ether oxygens (including phenoxy) is 1. The van der Waals surface area contributed by atoms with E-state index in [0.717, 1.165) is 22.3 Å². The minimum Gasteiger partial charge on any atom is -0.480 e. The first kappa shape index (κ1) is 22.6. The van der Waals surface area contributed by atoms with Crippen LogP contribution in [0.4, 0.5) is 18.0 Å². The molecule has 174 valence electrons. The largest absolute Gasteiger partial charge is 0.480 e. The maximum atomic E-state index is 12.7. The van der Waals surface area contributed by atoms with Gasteiger partial charge in [-0.1, -0.05) is 48.5 Å². The number of carboxylic acid groups (broad SMARTS) is 1. The number of carbonyl (C=O) groups excluding carboxylic acids is 2. The van der Waals surface area contributed by atoms with Gasteiger partial charge >= 0.3 is 24.1 Å². The number of fused-ring (bicyclic) bond motifs is 3.